The maximum Gasteiger partial charge on any atom is 0.269 e. The van der Waals surface area contributed by atoms with E-state index in [1.807, 2.05) is 0 Å². The van der Waals surface area contributed by atoms with Crippen LogP contribution in [0.25, 0.3) is 0 Å². The van der Waals surface area contributed by atoms with E-state index in [-0.39, 0.29) is 11.6 Å². The lowest BCUT2D eigenvalue weighted by Gasteiger charge is -2.30. The van der Waals surface area contributed by atoms with Crippen molar-refractivity contribution in [3.05, 3.63) is 34.4 Å². The number of carbonyl (C=O) groups is 1. The molecule has 0 bridgehead atoms. The monoisotopic (exact) mass is 291 g/mol. The normalized spacial score (nSPS) is 16.7. The molecule has 114 valence electrons. The summed E-state index contributed by atoms with van der Waals surface area (Å²) in [6.45, 7) is 4.56. The number of anilines is 1. The first-order chi connectivity index (χ1) is 9.97. The van der Waals surface area contributed by atoms with E-state index in [4.69, 9.17) is 0 Å². The zero-order valence-electron chi connectivity index (χ0n) is 12.5. The summed E-state index contributed by atoms with van der Waals surface area (Å²) >= 11 is 0. The summed E-state index contributed by atoms with van der Waals surface area (Å²) in [4.78, 5) is 26.2. The van der Waals surface area contributed by atoms with Crippen molar-refractivity contribution < 1.29 is 9.72 Å². The van der Waals surface area contributed by atoms with Crippen LogP contribution < -0.4 is 4.90 Å². The number of nitro groups is 1. The molecule has 6 nitrogen and oxygen atoms in total. The van der Waals surface area contributed by atoms with Crippen molar-refractivity contribution in [2.75, 3.05) is 31.6 Å². The number of nitro benzene ring substituents is 1. The van der Waals surface area contributed by atoms with E-state index in [9.17, 15) is 14.9 Å². The van der Waals surface area contributed by atoms with E-state index < -0.39 is 4.92 Å². The number of hydrogen-bond acceptors (Lipinski definition) is 4. The molecule has 0 unspecified atom stereocenters. The van der Waals surface area contributed by atoms with Crippen LogP contribution in [0.2, 0.25) is 0 Å². The Kier molecular flexibility index (Phi) is 4.90. The average molecular weight is 291 g/mol. The molecule has 0 aliphatic carbocycles. The molecule has 1 aliphatic rings. The first kappa shape index (κ1) is 15.4. The van der Waals surface area contributed by atoms with Crippen molar-refractivity contribution in [2.24, 2.45) is 5.92 Å². The highest BCUT2D eigenvalue weighted by Gasteiger charge is 2.20. The minimum Gasteiger partial charge on any atom is -0.314 e. The fraction of sp³-hybridized carbons (Fsp3) is 0.533. The minimum atomic E-state index is -0.444. The fourth-order valence-corrected chi connectivity index (χ4v) is 2.46. The topological polar surface area (TPSA) is 66.7 Å². The van der Waals surface area contributed by atoms with Gasteiger partial charge in [0.05, 0.1) is 11.5 Å². The van der Waals surface area contributed by atoms with Gasteiger partial charge in [0.1, 0.15) is 0 Å². The molecule has 21 heavy (non-hydrogen) atoms. The highest BCUT2D eigenvalue weighted by Crippen LogP contribution is 2.20. The molecular formula is C15H21N3O3. The summed E-state index contributed by atoms with van der Waals surface area (Å²) in [5.41, 5.74) is 0.709. The van der Waals surface area contributed by atoms with Crippen LogP contribution in [0, 0.1) is 16.0 Å². The van der Waals surface area contributed by atoms with Gasteiger partial charge in [-0.1, -0.05) is 6.92 Å². The fourth-order valence-electron chi connectivity index (χ4n) is 2.46. The van der Waals surface area contributed by atoms with E-state index in [0.717, 1.165) is 31.8 Å². The molecule has 1 amide bonds. The van der Waals surface area contributed by atoms with E-state index in [1.54, 1.807) is 24.1 Å². The third-order valence-electron chi connectivity index (χ3n) is 4.06. The molecule has 0 N–H and O–H groups in total. The van der Waals surface area contributed by atoms with E-state index in [0.29, 0.717) is 12.2 Å². The first-order valence-corrected chi connectivity index (χ1v) is 7.20. The Bertz CT molecular complexity index is 507. The van der Waals surface area contributed by atoms with Crippen LogP contribution in [0.5, 0.6) is 0 Å². The zero-order valence-corrected chi connectivity index (χ0v) is 12.5. The number of rotatable bonds is 4. The van der Waals surface area contributed by atoms with Crippen LogP contribution >= 0.6 is 0 Å². The molecule has 1 aromatic rings. The summed E-state index contributed by atoms with van der Waals surface area (Å²) < 4.78 is 0. The highest BCUT2D eigenvalue weighted by atomic mass is 16.6. The van der Waals surface area contributed by atoms with Crippen LogP contribution in [-0.2, 0) is 4.79 Å². The Morgan fingerprint density at radius 2 is 1.90 bits per heavy atom. The van der Waals surface area contributed by atoms with Crippen LogP contribution in [0.1, 0.15) is 19.8 Å². The Labute approximate surface area is 124 Å². The van der Waals surface area contributed by atoms with Crippen molar-refractivity contribution in [3.8, 4) is 0 Å². The Morgan fingerprint density at radius 1 is 1.33 bits per heavy atom. The molecule has 1 saturated heterocycles. The van der Waals surface area contributed by atoms with Crippen molar-refractivity contribution in [3.63, 3.8) is 0 Å². The molecule has 0 radical (unpaired) electrons. The third-order valence-corrected chi connectivity index (χ3v) is 4.06. The zero-order chi connectivity index (χ0) is 15.4. The second-order valence-electron chi connectivity index (χ2n) is 5.68. The molecule has 1 aliphatic heterocycles. The van der Waals surface area contributed by atoms with Crippen molar-refractivity contribution in [1.82, 2.24) is 4.90 Å². The van der Waals surface area contributed by atoms with Gasteiger partial charge in [0, 0.05) is 24.9 Å². The lowest BCUT2D eigenvalue weighted by Crippen LogP contribution is -2.42. The molecule has 0 saturated carbocycles. The number of amides is 1. The smallest absolute Gasteiger partial charge is 0.269 e. The summed E-state index contributed by atoms with van der Waals surface area (Å²) in [6, 6.07) is 6.05. The maximum atomic E-state index is 12.3. The van der Waals surface area contributed by atoms with Crippen LogP contribution in [0.3, 0.4) is 0 Å². The summed E-state index contributed by atoms with van der Waals surface area (Å²) in [5, 5.41) is 10.6. The van der Waals surface area contributed by atoms with E-state index >= 15 is 0 Å². The number of non-ortho nitro benzene ring substituents is 1. The number of hydrogen-bond donors (Lipinski definition) is 0. The molecule has 0 spiro atoms. The standard InChI is InChI=1S/C15H21N3O3/c1-12-7-9-17(10-8-12)11-15(19)16(2)13-3-5-14(6-4-13)18(20)21/h3-6,12H,7-11H2,1-2H3. The second-order valence-corrected chi connectivity index (χ2v) is 5.68. The summed E-state index contributed by atoms with van der Waals surface area (Å²) in [5.74, 6) is 0.752. The van der Waals surface area contributed by atoms with Crippen LogP contribution in [0.15, 0.2) is 24.3 Å². The minimum absolute atomic E-state index is 0.0124. The van der Waals surface area contributed by atoms with Crippen molar-refractivity contribution in [2.45, 2.75) is 19.8 Å². The van der Waals surface area contributed by atoms with Gasteiger partial charge in [0.15, 0.2) is 0 Å². The lowest BCUT2D eigenvalue weighted by molar-refractivity contribution is -0.384. The van der Waals surface area contributed by atoms with Crippen LogP contribution in [0.4, 0.5) is 11.4 Å². The predicted octanol–water partition coefficient (Wildman–Crippen LogP) is 2.29. The van der Waals surface area contributed by atoms with Gasteiger partial charge < -0.3 is 4.90 Å². The molecule has 0 aromatic heterocycles. The van der Waals surface area contributed by atoms with Gasteiger partial charge in [-0.3, -0.25) is 19.8 Å². The van der Waals surface area contributed by atoms with E-state index in [1.165, 1.54) is 12.1 Å². The van der Waals surface area contributed by atoms with Crippen molar-refractivity contribution in [1.29, 1.82) is 0 Å². The van der Waals surface area contributed by atoms with Crippen molar-refractivity contribution >= 4 is 17.3 Å². The second kappa shape index (κ2) is 6.67. The first-order valence-electron chi connectivity index (χ1n) is 7.20. The highest BCUT2D eigenvalue weighted by molar-refractivity contribution is 5.94. The molecule has 1 heterocycles. The molecule has 0 atom stereocenters. The quantitative estimate of drug-likeness (QED) is 0.630. The number of nitrogens with zero attached hydrogens (tertiary/aromatic N) is 3. The predicted molar refractivity (Wildman–Crippen MR) is 81.3 cm³/mol. The number of carbonyl (C=O) groups excluding carboxylic acids is 1. The number of likely N-dealkylation sites (tertiary alicyclic amines) is 1. The maximum absolute atomic E-state index is 12.3. The van der Waals surface area contributed by atoms with Gasteiger partial charge in [-0.25, -0.2) is 0 Å². The van der Waals surface area contributed by atoms with Gasteiger partial charge in [-0.15, -0.1) is 0 Å². The van der Waals surface area contributed by atoms with Gasteiger partial charge in [0.25, 0.3) is 5.69 Å². The third kappa shape index (κ3) is 4.01. The largest absolute Gasteiger partial charge is 0.314 e. The molecule has 2 rings (SSSR count). The molecule has 1 aromatic carbocycles. The number of likely N-dealkylation sites (N-methyl/N-ethyl adjacent to an activating group) is 1. The van der Waals surface area contributed by atoms with Gasteiger partial charge in [-0.05, 0) is 44.0 Å². The van der Waals surface area contributed by atoms with Crippen LogP contribution in [-0.4, -0.2) is 42.4 Å². The van der Waals surface area contributed by atoms with Gasteiger partial charge in [-0.2, -0.15) is 0 Å². The Balaban J connectivity index is 1.94. The number of benzene rings is 1. The lowest BCUT2D eigenvalue weighted by atomic mass is 9.99. The van der Waals surface area contributed by atoms with Gasteiger partial charge >= 0.3 is 0 Å². The van der Waals surface area contributed by atoms with Gasteiger partial charge in [0.2, 0.25) is 5.91 Å². The summed E-state index contributed by atoms with van der Waals surface area (Å²) in [6.07, 6.45) is 2.27. The Hall–Kier alpha value is -1.95. The van der Waals surface area contributed by atoms with E-state index in [2.05, 4.69) is 11.8 Å². The molecular weight excluding hydrogens is 270 g/mol. The Morgan fingerprint density at radius 3 is 2.43 bits per heavy atom. The molecule has 6 heteroatoms. The SMILES string of the molecule is CC1CCN(CC(=O)N(C)c2ccc([N+](=O)[O-])cc2)CC1. The average Bonchev–Trinajstić information content (AvgIpc) is 2.49. The number of piperidine rings is 1. The summed E-state index contributed by atoms with van der Waals surface area (Å²) in [7, 11) is 1.70. The molecule has 1 fully saturated rings.